The Morgan fingerprint density at radius 3 is 2.90 bits per heavy atom. The van der Waals surface area contributed by atoms with Gasteiger partial charge in [0, 0.05) is 24.4 Å². The fourth-order valence-electron chi connectivity index (χ4n) is 2.24. The number of hydrogen-bond donors (Lipinski definition) is 2. The molecule has 0 radical (unpaired) electrons. The van der Waals surface area contributed by atoms with Gasteiger partial charge in [0.1, 0.15) is 17.9 Å². The number of likely N-dealkylation sites (N-methyl/N-ethyl adjacent to an activating group) is 1. The molecule has 1 aromatic rings. The molecule has 6 heteroatoms. The Bertz CT molecular complexity index is 507. The number of ether oxygens (including phenoxy) is 2. The molecular weight excluding hydrogens is 280 g/mol. The standard InChI is InChI=1S/C14H19ClN2O3/c1-4-16-13-9-5-10(15)12(20-8(2)7-19-3)6-11(9)17-14(13)18/h5-6,8,13,16H,4,7H2,1-3H3,(H,17,18). The monoisotopic (exact) mass is 298 g/mol. The molecule has 2 unspecified atom stereocenters. The Morgan fingerprint density at radius 1 is 1.50 bits per heavy atom. The van der Waals surface area contributed by atoms with E-state index in [4.69, 9.17) is 21.1 Å². The number of carbonyl (C=O) groups is 1. The van der Waals surface area contributed by atoms with E-state index in [-0.39, 0.29) is 18.1 Å². The highest BCUT2D eigenvalue weighted by molar-refractivity contribution is 6.32. The number of anilines is 1. The number of amides is 1. The van der Waals surface area contributed by atoms with E-state index < -0.39 is 0 Å². The van der Waals surface area contributed by atoms with Crippen molar-refractivity contribution in [3.05, 3.63) is 22.7 Å². The zero-order valence-corrected chi connectivity index (χ0v) is 12.6. The number of benzene rings is 1. The number of halogens is 1. The Kier molecular flexibility index (Phi) is 4.86. The maximum absolute atomic E-state index is 11.9. The first kappa shape index (κ1) is 15.1. The van der Waals surface area contributed by atoms with Gasteiger partial charge in [-0.05, 0) is 19.5 Å². The van der Waals surface area contributed by atoms with Gasteiger partial charge in [-0.15, -0.1) is 0 Å². The van der Waals surface area contributed by atoms with Gasteiger partial charge in [-0.2, -0.15) is 0 Å². The Hall–Kier alpha value is -1.30. The second-order valence-electron chi connectivity index (χ2n) is 4.73. The largest absolute Gasteiger partial charge is 0.487 e. The SMILES string of the molecule is CCNC1C(=O)Nc2cc(OC(C)COC)c(Cl)cc21. The molecule has 1 heterocycles. The molecule has 1 aromatic carbocycles. The summed E-state index contributed by atoms with van der Waals surface area (Å²) in [5.74, 6) is 0.479. The molecule has 5 nitrogen and oxygen atoms in total. The fraction of sp³-hybridized carbons (Fsp3) is 0.500. The van der Waals surface area contributed by atoms with Gasteiger partial charge in [0.05, 0.1) is 11.6 Å². The summed E-state index contributed by atoms with van der Waals surface area (Å²) in [6.45, 7) is 5.03. The lowest BCUT2D eigenvalue weighted by atomic mass is 10.1. The minimum atomic E-state index is -0.349. The van der Waals surface area contributed by atoms with E-state index in [1.807, 2.05) is 13.8 Å². The van der Waals surface area contributed by atoms with Crippen LogP contribution >= 0.6 is 11.6 Å². The van der Waals surface area contributed by atoms with Crippen molar-refractivity contribution in [1.29, 1.82) is 0 Å². The summed E-state index contributed by atoms with van der Waals surface area (Å²) in [5.41, 5.74) is 1.60. The third-order valence-electron chi connectivity index (χ3n) is 3.07. The highest BCUT2D eigenvalue weighted by atomic mass is 35.5. The molecule has 0 spiro atoms. The van der Waals surface area contributed by atoms with E-state index in [9.17, 15) is 4.79 Å². The number of methoxy groups -OCH3 is 1. The minimum absolute atomic E-state index is 0.0694. The highest BCUT2D eigenvalue weighted by Crippen LogP contribution is 2.38. The quantitative estimate of drug-likeness (QED) is 0.846. The van der Waals surface area contributed by atoms with Gasteiger partial charge in [0.25, 0.3) is 0 Å². The molecule has 110 valence electrons. The summed E-state index contributed by atoms with van der Waals surface area (Å²) < 4.78 is 10.7. The second kappa shape index (κ2) is 6.43. The molecule has 2 rings (SSSR count). The summed E-state index contributed by atoms with van der Waals surface area (Å²) >= 11 is 6.23. The van der Waals surface area contributed by atoms with Gasteiger partial charge in [-0.3, -0.25) is 4.79 Å². The summed E-state index contributed by atoms with van der Waals surface area (Å²) in [4.78, 5) is 11.9. The van der Waals surface area contributed by atoms with Gasteiger partial charge in [-0.1, -0.05) is 18.5 Å². The van der Waals surface area contributed by atoms with Gasteiger partial charge in [-0.25, -0.2) is 0 Å². The van der Waals surface area contributed by atoms with E-state index >= 15 is 0 Å². The molecule has 1 aliphatic heterocycles. The summed E-state index contributed by atoms with van der Waals surface area (Å²) in [7, 11) is 1.62. The molecule has 1 amide bonds. The first-order valence-electron chi connectivity index (χ1n) is 6.60. The molecule has 0 saturated heterocycles. The average molecular weight is 299 g/mol. The van der Waals surface area contributed by atoms with Crippen LogP contribution in [0.3, 0.4) is 0 Å². The van der Waals surface area contributed by atoms with Crippen molar-refractivity contribution in [2.75, 3.05) is 25.6 Å². The fourth-order valence-corrected chi connectivity index (χ4v) is 2.46. The van der Waals surface area contributed by atoms with Crippen LogP contribution in [0.25, 0.3) is 0 Å². The van der Waals surface area contributed by atoms with Crippen molar-refractivity contribution in [1.82, 2.24) is 5.32 Å². The van der Waals surface area contributed by atoms with Crippen LogP contribution in [0.4, 0.5) is 5.69 Å². The van der Waals surface area contributed by atoms with Crippen molar-refractivity contribution in [2.45, 2.75) is 26.0 Å². The van der Waals surface area contributed by atoms with E-state index in [1.165, 1.54) is 0 Å². The molecule has 0 aromatic heterocycles. The van der Waals surface area contributed by atoms with Crippen LogP contribution in [0.5, 0.6) is 5.75 Å². The lowest BCUT2D eigenvalue weighted by Gasteiger charge is -2.16. The van der Waals surface area contributed by atoms with Crippen molar-refractivity contribution in [3.63, 3.8) is 0 Å². The number of rotatable bonds is 6. The van der Waals surface area contributed by atoms with Crippen LogP contribution in [-0.2, 0) is 9.53 Å². The van der Waals surface area contributed by atoms with Crippen LogP contribution in [0.2, 0.25) is 5.02 Å². The first-order chi connectivity index (χ1) is 9.56. The molecule has 2 N–H and O–H groups in total. The molecule has 0 aliphatic carbocycles. The normalized spacial score (nSPS) is 18.6. The zero-order valence-electron chi connectivity index (χ0n) is 11.8. The predicted molar refractivity (Wildman–Crippen MR) is 78.5 cm³/mol. The molecule has 2 atom stereocenters. The third-order valence-corrected chi connectivity index (χ3v) is 3.37. The maximum atomic E-state index is 11.9. The van der Waals surface area contributed by atoms with E-state index in [1.54, 1.807) is 19.2 Å². The average Bonchev–Trinajstić information content (AvgIpc) is 2.67. The smallest absolute Gasteiger partial charge is 0.246 e. The van der Waals surface area contributed by atoms with Crippen LogP contribution in [0, 0.1) is 0 Å². The van der Waals surface area contributed by atoms with E-state index in [2.05, 4.69) is 10.6 Å². The van der Waals surface area contributed by atoms with Crippen LogP contribution < -0.4 is 15.4 Å². The molecule has 0 fully saturated rings. The van der Waals surface area contributed by atoms with Gasteiger partial charge in [0.15, 0.2) is 0 Å². The number of carbonyl (C=O) groups excluding carboxylic acids is 1. The molecule has 0 saturated carbocycles. The summed E-state index contributed by atoms with van der Waals surface area (Å²) in [6, 6.07) is 3.19. The van der Waals surface area contributed by atoms with Crippen molar-refractivity contribution < 1.29 is 14.3 Å². The summed E-state index contributed by atoms with van der Waals surface area (Å²) in [5, 5.41) is 6.45. The second-order valence-corrected chi connectivity index (χ2v) is 5.14. The Balaban J connectivity index is 2.24. The van der Waals surface area contributed by atoms with Gasteiger partial charge < -0.3 is 20.1 Å². The molecule has 0 bridgehead atoms. The lowest BCUT2D eigenvalue weighted by molar-refractivity contribution is -0.117. The van der Waals surface area contributed by atoms with Gasteiger partial charge in [0.2, 0.25) is 5.91 Å². The lowest BCUT2D eigenvalue weighted by Crippen LogP contribution is -2.27. The predicted octanol–water partition coefficient (Wildman–Crippen LogP) is 2.36. The maximum Gasteiger partial charge on any atom is 0.246 e. The van der Waals surface area contributed by atoms with Crippen LogP contribution in [0.15, 0.2) is 12.1 Å². The minimum Gasteiger partial charge on any atom is -0.487 e. The number of fused-ring (bicyclic) bond motifs is 1. The van der Waals surface area contributed by atoms with Crippen molar-refractivity contribution in [3.8, 4) is 5.75 Å². The first-order valence-corrected chi connectivity index (χ1v) is 6.97. The number of nitrogens with one attached hydrogen (secondary N) is 2. The van der Waals surface area contributed by atoms with E-state index in [0.717, 1.165) is 11.3 Å². The van der Waals surface area contributed by atoms with Crippen molar-refractivity contribution in [2.24, 2.45) is 0 Å². The third kappa shape index (κ3) is 3.06. The Morgan fingerprint density at radius 2 is 2.25 bits per heavy atom. The molecule has 20 heavy (non-hydrogen) atoms. The summed E-state index contributed by atoms with van der Waals surface area (Å²) in [6.07, 6.45) is -0.114. The van der Waals surface area contributed by atoms with Crippen LogP contribution in [0.1, 0.15) is 25.5 Å². The molecular formula is C14H19ClN2O3. The Labute approximate surface area is 123 Å². The van der Waals surface area contributed by atoms with Gasteiger partial charge >= 0.3 is 0 Å². The zero-order chi connectivity index (χ0) is 14.7. The van der Waals surface area contributed by atoms with E-state index in [0.29, 0.717) is 23.9 Å². The van der Waals surface area contributed by atoms with Crippen LogP contribution in [-0.4, -0.2) is 32.3 Å². The molecule has 1 aliphatic rings. The number of hydrogen-bond acceptors (Lipinski definition) is 4. The van der Waals surface area contributed by atoms with Crippen molar-refractivity contribution >= 4 is 23.2 Å². The highest BCUT2D eigenvalue weighted by Gasteiger charge is 2.31. The topological polar surface area (TPSA) is 59.6 Å².